The minimum absolute atomic E-state index is 0.0756. The van der Waals surface area contributed by atoms with Gasteiger partial charge >= 0.3 is 5.97 Å². The predicted octanol–water partition coefficient (Wildman–Crippen LogP) is 2.83. The van der Waals surface area contributed by atoms with E-state index in [2.05, 4.69) is 15.6 Å². The summed E-state index contributed by atoms with van der Waals surface area (Å²) in [7, 11) is 0. The van der Waals surface area contributed by atoms with E-state index in [1.807, 2.05) is 19.1 Å². The van der Waals surface area contributed by atoms with Gasteiger partial charge in [0.2, 0.25) is 0 Å². The van der Waals surface area contributed by atoms with E-state index < -0.39 is 11.9 Å². The van der Waals surface area contributed by atoms with Crippen LogP contribution in [-0.4, -0.2) is 35.2 Å². The van der Waals surface area contributed by atoms with Crippen LogP contribution in [0.15, 0.2) is 24.3 Å². The lowest BCUT2D eigenvalue weighted by Gasteiger charge is -2.08. The van der Waals surface area contributed by atoms with Crippen molar-refractivity contribution in [1.82, 2.24) is 10.3 Å². The summed E-state index contributed by atoms with van der Waals surface area (Å²) in [5.74, 6) is -0.294. The van der Waals surface area contributed by atoms with E-state index in [0.717, 1.165) is 5.56 Å². The van der Waals surface area contributed by atoms with Crippen LogP contribution in [0.4, 0.5) is 5.13 Å². The van der Waals surface area contributed by atoms with E-state index >= 15 is 0 Å². The van der Waals surface area contributed by atoms with Gasteiger partial charge in [0.25, 0.3) is 5.91 Å². The van der Waals surface area contributed by atoms with Gasteiger partial charge in [0, 0.05) is 4.88 Å². The Morgan fingerprint density at radius 3 is 2.58 bits per heavy atom. The van der Waals surface area contributed by atoms with Crippen LogP contribution in [-0.2, 0) is 9.53 Å². The Bertz CT molecular complexity index is 803. The normalized spacial score (nSPS) is 10.1. The molecule has 2 N–H and O–H groups in total. The maximum absolute atomic E-state index is 11.9. The molecule has 0 atom stereocenters. The molecule has 1 aromatic carbocycles. The molecule has 0 fully saturated rings. The Balaban J connectivity index is 1.84. The van der Waals surface area contributed by atoms with Crippen LogP contribution >= 0.6 is 23.6 Å². The number of hydrogen-bond acceptors (Lipinski definition) is 7. The standard InChI is InChI=1S/C17H19N3O4S2/c1-4-23-15(22)14-11(3)26-17(19-14)20-16(25)18-13(21)9-24-12-7-5-10(2)6-8-12/h5-8H,4,9H2,1-3H3,(H2,18,19,20,21,25). The number of aromatic nitrogens is 1. The van der Waals surface area contributed by atoms with Crippen LogP contribution in [0.1, 0.15) is 27.9 Å². The topological polar surface area (TPSA) is 89.5 Å². The van der Waals surface area contributed by atoms with Gasteiger partial charge in [0.05, 0.1) is 6.61 Å². The quantitative estimate of drug-likeness (QED) is 0.576. The molecule has 138 valence electrons. The minimum atomic E-state index is -0.490. The summed E-state index contributed by atoms with van der Waals surface area (Å²) in [5, 5.41) is 5.75. The lowest BCUT2D eigenvalue weighted by Crippen LogP contribution is -2.37. The number of nitrogens with zero attached hydrogens (tertiary/aromatic N) is 1. The summed E-state index contributed by atoms with van der Waals surface area (Å²) in [5.41, 5.74) is 1.34. The fourth-order valence-electron chi connectivity index (χ4n) is 1.91. The molecule has 0 bridgehead atoms. The third-order valence-electron chi connectivity index (χ3n) is 3.13. The summed E-state index contributed by atoms with van der Waals surface area (Å²) in [6.45, 7) is 5.55. The molecule has 7 nitrogen and oxygen atoms in total. The first-order valence-corrected chi connectivity index (χ1v) is 9.06. The van der Waals surface area contributed by atoms with Crippen molar-refractivity contribution in [2.24, 2.45) is 0 Å². The van der Waals surface area contributed by atoms with Crippen molar-refractivity contribution in [2.75, 3.05) is 18.5 Å². The Morgan fingerprint density at radius 1 is 1.23 bits per heavy atom. The van der Waals surface area contributed by atoms with E-state index in [-0.39, 0.29) is 24.0 Å². The van der Waals surface area contributed by atoms with Crippen molar-refractivity contribution < 1.29 is 19.1 Å². The summed E-state index contributed by atoms with van der Waals surface area (Å²) in [4.78, 5) is 28.5. The molecule has 2 aromatic rings. The average molecular weight is 393 g/mol. The molecular formula is C17H19N3O4S2. The van der Waals surface area contributed by atoms with E-state index in [1.165, 1.54) is 11.3 Å². The van der Waals surface area contributed by atoms with Gasteiger partial charge in [-0.3, -0.25) is 10.1 Å². The summed E-state index contributed by atoms with van der Waals surface area (Å²) in [6.07, 6.45) is 0. The van der Waals surface area contributed by atoms with Gasteiger partial charge in [0.1, 0.15) is 5.75 Å². The number of nitrogens with one attached hydrogen (secondary N) is 2. The lowest BCUT2D eigenvalue weighted by molar-refractivity contribution is -0.121. The Hall–Kier alpha value is -2.52. The highest BCUT2D eigenvalue weighted by molar-refractivity contribution is 7.80. The fourth-order valence-corrected chi connectivity index (χ4v) is 2.99. The number of carbonyl (C=O) groups is 2. The van der Waals surface area contributed by atoms with Crippen LogP contribution in [0.3, 0.4) is 0 Å². The van der Waals surface area contributed by atoms with Gasteiger partial charge < -0.3 is 14.8 Å². The smallest absolute Gasteiger partial charge is 0.358 e. The molecule has 0 radical (unpaired) electrons. The van der Waals surface area contributed by atoms with Crippen molar-refractivity contribution >= 4 is 45.7 Å². The summed E-state index contributed by atoms with van der Waals surface area (Å²) < 4.78 is 10.3. The molecule has 9 heteroatoms. The molecule has 0 aliphatic heterocycles. The van der Waals surface area contributed by atoms with Gasteiger partial charge in [-0.1, -0.05) is 17.7 Å². The molecule has 0 spiro atoms. The van der Waals surface area contributed by atoms with Crippen molar-refractivity contribution in [2.45, 2.75) is 20.8 Å². The Kier molecular flexibility index (Phi) is 7.05. The highest BCUT2D eigenvalue weighted by atomic mass is 32.1. The number of thiazole rings is 1. The van der Waals surface area contributed by atoms with Crippen LogP contribution < -0.4 is 15.4 Å². The number of amides is 1. The number of rotatable bonds is 6. The Labute approximate surface area is 160 Å². The third-order valence-corrected chi connectivity index (χ3v) is 4.22. The van der Waals surface area contributed by atoms with E-state index in [4.69, 9.17) is 21.7 Å². The number of carbonyl (C=O) groups excluding carboxylic acids is 2. The molecule has 0 unspecified atom stereocenters. The van der Waals surface area contributed by atoms with Crippen molar-refractivity contribution in [3.63, 3.8) is 0 Å². The summed E-state index contributed by atoms with van der Waals surface area (Å²) >= 11 is 6.32. The number of ether oxygens (including phenoxy) is 2. The number of anilines is 1. The molecule has 1 heterocycles. The lowest BCUT2D eigenvalue weighted by atomic mass is 10.2. The van der Waals surface area contributed by atoms with Crippen molar-refractivity contribution in [3.05, 3.63) is 40.4 Å². The number of benzene rings is 1. The van der Waals surface area contributed by atoms with Crippen LogP contribution in [0.25, 0.3) is 0 Å². The zero-order valence-electron chi connectivity index (χ0n) is 14.6. The van der Waals surface area contributed by atoms with Gasteiger partial charge in [-0.2, -0.15) is 0 Å². The summed E-state index contributed by atoms with van der Waals surface area (Å²) in [6, 6.07) is 7.36. The fraction of sp³-hybridized carbons (Fsp3) is 0.294. The Morgan fingerprint density at radius 2 is 1.92 bits per heavy atom. The molecule has 2 rings (SSSR count). The number of aryl methyl sites for hydroxylation is 2. The van der Waals surface area contributed by atoms with Crippen LogP contribution in [0, 0.1) is 13.8 Å². The van der Waals surface area contributed by atoms with Crippen molar-refractivity contribution in [1.29, 1.82) is 0 Å². The first kappa shape index (κ1) is 19.8. The monoisotopic (exact) mass is 393 g/mol. The van der Waals surface area contributed by atoms with E-state index in [9.17, 15) is 9.59 Å². The maximum Gasteiger partial charge on any atom is 0.358 e. The molecule has 0 aliphatic carbocycles. The molecule has 1 aromatic heterocycles. The van der Waals surface area contributed by atoms with E-state index in [1.54, 1.807) is 26.0 Å². The molecule has 0 saturated heterocycles. The maximum atomic E-state index is 11.9. The van der Waals surface area contributed by atoms with Crippen LogP contribution in [0.5, 0.6) is 5.75 Å². The molecule has 26 heavy (non-hydrogen) atoms. The largest absolute Gasteiger partial charge is 0.484 e. The highest BCUT2D eigenvalue weighted by Gasteiger charge is 2.17. The molecular weight excluding hydrogens is 374 g/mol. The van der Waals surface area contributed by atoms with Gasteiger partial charge in [-0.05, 0) is 45.1 Å². The van der Waals surface area contributed by atoms with Crippen molar-refractivity contribution in [3.8, 4) is 5.75 Å². The number of thiocarbonyl (C=S) groups is 1. The second-order valence-electron chi connectivity index (χ2n) is 5.25. The number of hydrogen-bond donors (Lipinski definition) is 2. The second kappa shape index (κ2) is 9.25. The zero-order chi connectivity index (χ0) is 19.1. The third kappa shape index (κ3) is 5.78. The highest BCUT2D eigenvalue weighted by Crippen LogP contribution is 2.22. The van der Waals surface area contributed by atoms with Gasteiger partial charge in [0.15, 0.2) is 22.5 Å². The molecule has 1 amide bonds. The SMILES string of the molecule is CCOC(=O)c1nc(NC(=S)NC(=O)COc2ccc(C)cc2)sc1C. The van der Waals surface area contributed by atoms with E-state index in [0.29, 0.717) is 15.8 Å². The molecule has 0 aliphatic rings. The van der Waals surface area contributed by atoms with Gasteiger partial charge in [-0.25, -0.2) is 9.78 Å². The molecule has 0 saturated carbocycles. The minimum Gasteiger partial charge on any atom is -0.484 e. The first-order chi connectivity index (χ1) is 12.4. The zero-order valence-corrected chi connectivity index (χ0v) is 16.3. The number of esters is 1. The van der Waals surface area contributed by atoms with Gasteiger partial charge in [-0.15, -0.1) is 11.3 Å². The van der Waals surface area contributed by atoms with Crippen LogP contribution in [0.2, 0.25) is 0 Å². The second-order valence-corrected chi connectivity index (χ2v) is 6.86. The average Bonchev–Trinajstić information content (AvgIpc) is 2.94. The first-order valence-electron chi connectivity index (χ1n) is 7.84. The predicted molar refractivity (Wildman–Crippen MR) is 104 cm³/mol.